The monoisotopic (exact) mass is 302 g/mol. The van der Waals surface area contributed by atoms with Crippen LogP contribution >= 0.6 is 0 Å². The Balaban J connectivity index is 2.01. The van der Waals surface area contributed by atoms with Crippen LogP contribution in [0.3, 0.4) is 0 Å². The summed E-state index contributed by atoms with van der Waals surface area (Å²) in [6.07, 6.45) is 1.56. The van der Waals surface area contributed by atoms with Gasteiger partial charge in [0.2, 0.25) is 10.0 Å². The number of hydrogen-bond acceptors (Lipinski definition) is 5. The van der Waals surface area contributed by atoms with Crippen molar-refractivity contribution in [3.63, 3.8) is 0 Å². The molecule has 0 N–H and O–H groups in total. The smallest absolute Gasteiger partial charge is 0.214 e. The molecule has 0 atom stereocenters. The van der Waals surface area contributed by atoms with Crippen molar-refractivity contribution in [2.45, 2.75) is 33.2 Å². The molecule has 0 spiro atoms. The van der Waals surface area contributed by atoms with Crippen LogP contribution in [0, 0.1) is 12.3 Å². The summed E-state index contributed by atoms with van der Waals surface area (Å²) in [4.78, 5) is 0. The Hall–Kier alpha value is -0.920. The van der Waals surface area contributed by atoms with E-state index in [1.54, 1.807) is 20.0 Å². The van der Waals surface area contributed by atoms with E-state index in [0.717, 1.165) is 12.8 Å². The second-order valence-corrected chi connectivity index (χ2v) is 7.94. The molecule has 7 heteroatoms. The lowest BCUT2D eigenvalue weighted by atomic mass is 9.85. The quantitative estimate of drug-likeness (QED) is 0.825. The van der Waals surface area contributed by atoms with Crippen molar-refractivity contribution in [2.75, 3.05) is 26.0 Å². The molecule has 20 heavy (non-hydrogen) atoms. The van der Waals surface area contributed by atoms with E-state index < -0.39 is 10.0 Å². The van der Waals surface area contributed by atoms with Crippen LogP contribution in [0.5, 0.6) is 0 Å². The summed E-state index contributed by atoms with van der Waals surface area (Å²) < 4.78 is 36.5. The van der Waals surface area contributed by atoms with Crippen LogP contribution < -0.4 is 0 Å². The van der Waals surface area contributed by atoms with E-state index in [4.69, 9.17) is 9.26 Å². The van der Waals surface area contributed by atoms with Gasteiger partial charge in [0.05, 0.1) is 18.0 Å². The maximum atomic E-state index is 12.4. The molecule has 0 aromatic carbocycles. The predicted octanol–water partition coefficient (Wildman–Crippen LogP) is 1.56. The summed E-state index contributed by atoms with van der Waals surface area (Å²) >= 11 is 0. The summed E-state index contributed by atoms with van der Waals surface area (Å²) in [6.45, 7) is 5.32. The van der Waals surface area contributed by atoms with Crippen LogP contribution in [0.25, 0.3) is 0 Å². The first-order valence-electron chi connectivity index (χ1n) is 6.75. The molecule has 0 aliphatic carbocycles. The molecule has 1 saturated heterocycles. The maximum absolute atomic E-state index is 12.4. The largest absolute Gasteiger partial charge is 0.381 e. The van der Waals surface area contributed by atoms with E-state index in [2.05, 4.69) is 5.16 Å². The minimum absolute atomic E-state index is 0.149. The molecule has 0 amide bonds. The van der Waals surface area contributed by atoms with Gasteiger partial charge in [0, 0.05) is 26.3 Å². The molecule has 0 saturated carbocycles. The van der Waals surface area contributed by atoms with Crippen LogP contribution in [-0.4, -0.2) is 43.9 Å². The van der Waals surface area contributed by atoms with Crippen molar-refractivity contribution >= 4 is 10.0 Å². The predicted molar refractivity (Wildman–Crippen MR) is 74.7 cm³/mol. The minimum atomic E-state index is -3.31. The normalized spacial score (nSPS) is 19.4. The average Bonchev–Trinajstić information content (AvgIpc) is 2.74. The molecule has 0 bridgehead atoms. The van der Waals surface area contributed by atoms with Gasteiger partial charge in [-0.3, -0.25) is 0 Å². The molecule has 6 nitrogen and oxygen atoms in total. The van der Waals surface area contributed by atoms with E-state index >= 15 is 0 Å². The Labute approximate surface area is 120 Å². The Morgan fingerprint density at radius 2 is 2.05 bits per heavy atom. The van der Waals surface area contributed by atoms with Crippen LogP contribution in [0.15, 0.2) is 10.6 Å². The Bertz CT molecular complexity index is 546. The number of aromatic nitrogens is 1. The van der Waals surface area contributed by atoms with E-state index in [9.17, 15) is 8.42 Å². The second-order valence-electron chi connectivity index (χ2n) is 5.86. The molecule has 114 valence electrons. The molecule has 0 radical (unpaired) electrons. The van der Waals surface area contributed by atoms with Crippen LogP contribution in [0.4, 0.5) is 0 Å². The third-order valence-corrected chi connectivity index (χ3v) is 5.91. The van der Waals surface area contributed by atoms with Gasteiger partial charge >= 0.3 is 0 Å². The number of nitrogens with zero attached hydrogens (tertiary/aromatic N) is 2. The van der Waals surface area contributed by atoms with Crippen LogP contribution in [0.1, 0.15) is 31.2 Å². The van der Waals surface area contributed by atoms with Crippen molar-refractivity contribution in [3.8, 4) is 0 Å². The number of sulfonamides is 1. The first kappa shape index (κ1) is 15.5. The van der Waals surface area contributed by atoms with Crippen LogP contribution in [0.2, 0.25) is 0 Å². The van der Waals surface area contributed by atoms with Gasteiger partial charge in [-0.15, -0.1) is 0 Å². The maximum Gasteiger partial charge on any atom is 0.214 e. The molecular formula is C13H22N2O4S. The molecule has 1 aliphatic rings. The van der Waals surface area contributed by atoms with E-state index in [1.807, 2.05) is 6.92 Å². The molecule has 1 aromatic rings. The second kappa shape index (κ2) is 5.83. The Morgan fingerprint density at radius 3 is 2.60 bits per heavy atom. The zero-order valence-corrected chi connectivity index (χ0v) is 13.1. The minimum Gasteiger partial charge on any atom is -0.381 e. The third kappa shape index (κ3) is 3.80. The molecule has 1 fully saturated rings. The summed E-state index contributed by atoms with van der Waals surface area (Å²) in [5, 5.41) is 3.83. The number of rotatable bonds is 5. The number of ether oxygens (including phenoxy) is 1. The lowest BCUT2D eigenvalue weighted by Gasteiger charge is -2.34. The molecule has 0 unspecified atom stereocenters. The van der Waals surface area contributed by atoms with E-state index in [-0.39, 0.29) is 17.7 Å². The summed E-state index contributed by atoms with van der Waals surface area (Å²) in [5.74, 6) is 0.832. The molecule has 1 aromatic heterocycles. The van der Waals surface area contributed by atoms with Gasteiger partial charge in [-0.05, 0) is 25.2 Å². The highest BCUT2D eigenvalue weighted by atomic mass is 32.2. The third-order valence-electron chi connectivity index (χ3n) is 3.77. The average molecular weight is 302 g/mol. The summed E-state index contributed by atoms with van der Waals surface area (Å²) in [5.41, 5.74) is 0.427. The molecule has 2 heterocycles. The lowest BCUT2D eigenvalue weighted by Crippen LogP contribution is -2.39. The van der Waals surface area contributed by atoms with Crippen molar-refractivity contribution in [2.24, 2.45) is 5.41 Å². The molecule has 2 rings (SSSR count). The first-order valence-corrected chi connectivity index (χ1v) is 8.36. The standard InChI is InChI=1S/C13H22N2O4S/c1-11-8-12(14-19-11)9-15(3)20(16,17)10-13(2)4-6-18-7-5-13/h8H,4-7,9-10H2,1-3H3. The van der Waals surface area contributed by atoms with Gasteiger partial charge in [-0.25, -0.2) is 8.42 Å². The Morgan fingerprint density at radius 1 is 1.40 bits per heavy atom. The fourth-order valence-electron chi connectivity index (χ4n) is 2.38. The fourth-order valence-corrected chi connectivity index (χ4v) is 4.10. The highest BCUT2D eigenvalue weighted by Gasteiger charge is 2.34. The molecular weight excluding hydrogens is 280 g/mol. The fraction of sp³-hybridized carbons (Fsp3) is 0.769. The number of hydrogen-bond donors (Lipinski definition) is 0. The highest BCUT2D eigenvalue weighted by molar-refractivity contribution is 7.89. The van der Waals surface area contributed by atoms with Crippen LogP contribution in [-0.2, 0) is 21.3 Å². The lowest BCUT2D eigenvalue weighted by molar-refractivity contribution is 0.0337. The zero-order valence-electron chi connectivity index (χ0n) is 12.3. The Kier molecular flexibility index (Phi) is 4.51. The van der Waals surface area contributed by atoms with Gasteiger partial charge in [0.1, 0.15) is 5.76 Å². The zero-order chi connectivity index (χ0) is 14.8. The van der Waals surface area contributed by atoms with Crippen molar-refractivity contribution in [3.05, 3.63) is 17.5 Å². The summed E-state index contributed by atoms with van der Waals surface area (Å²) in [6, 6.07) is 1.75. The summed E-state index contributed by atoms with van der Waals surface area (Å²) in [7, 11) is -1.73. The van der Waals surface area contributed by atoms with Gasteiger partial charge in [-0.1, -0.05) is 12.1 Å². The van der Waals surface area contributed by atoms with E-state index in [1.165, 1.54) is 4.31 Å². The first-order chi connectivity index (χ1) is 9.31. The SMILES string of the molecule is Cc1cc(CN(C)S(=O)(=O)CC2(C)CCOCC2)no1. The van der Waals surface area contributed by atoms with Gasteiger partial charge in [0.25, 0.3) is 0 Å². The van der Waals surface area contributed by atoms with Crippen molar-refractivity contribution in [1.29, 1.82) is 0 Å². The number of aryl methyl sites for hydroxylation is 1. The van der Waals surface area contributed by atoms with Crippen molar-refractivity contribution < 1.29 is 17.7 Å². The van der Waals surface area contributed by atoms with Gasteiger partial charge in [0.15, 0.2) is 0 Å². The van der Waals surface area contributed by atoms with E-state index in [0.29, 0.717) is 24.7 Å². The highest BCUT2D eigenvalue weighted by Crippen LogP contribution is 2.32. The van der Waals surface area contributed by atoms with Gasteiger partial charge < -0.3 is 9.26 Å². The molecule has 1 aliphatic heterocycles. The van der Waals surface area contributed by atoms with Crippen molar-refractivity contribution in [1.82, 2.24) is 9.46 Å². The van der Waals surface area contributed by atoms with Gasteiger partial charge in [-0.2, -0.15) is 4.31 Å². The topological polar surface area (TPSA) is 72.6 Å².